The van der Waals surface area contributed by atoms with Gasteiger partial charge in [-0.15, -0.1) is 0 Å². The quantitative estimate of drug-likeness (QED) is 0.586. The van der Waals surface area contributed by atoms with Crippen LogP contribution in [-0.4, -0.2) is 20.5 Å². The zero-order chi connectivity index (χ0) is 18.4. The monoisotopic (exact) mass is 361 g/mol. The Kier molecular flexibility index (Phi) is 4.29. The molecule has 0 radical (unpaired) electrons. The normalized spacial score (nSPS) is 27.6. The molecule has 0 N–H and O–H groups in total. The number of nitrogens with zero attached hydrogens (tertiary/aromatic N) is 1. The van der Waals surface area contributed by atoms with E-state index in [0.29, 0.717) is 11.8 Å². The Morgan fingerprint density at radius 1 is 0.885 bits per heavy atom. The molecule has 2 aliphatic rings. The highest BCUT2D eigenvalue weighted by atomic mass is 28.4. The molecule has 2 fully saturated rings. The average Bonchev–Trinajstić information content (AvgIpc) is 3.12. The van der Waals surface area contributed by atoms with Crippen molar-refractivity contribution < 1.29 is 4.43 Å². The van der Waals surface area contributed by atoms with Gasteiger partial charge in [-0.2, -0.15) is 0 Å². The summed E-state index contributed by atoms with van der Waals surface area (Å²) in [5, 5.41) is 2.73. The highest BCUT2D eigenvalue weighted by Gasteiger charge is 2.64. The van der Waals surface area contributed by atoms with Crippen molar-refractivity contribution in [3.63, 3.8) is 0 Å². The molecule has 0 aromatic heterocycles. The molecule has 0 aliphatic heterocycles. The van der Waals surface area contributed by atoms with Crippen molar-refractivity contribution in [2.24, 2.45) is 11.8 Å². The molecule has 2 aromatic rings. The van der Waals surface area contributed by atoms with Gasteiger partial charge in [0.1, 0.15) is 0 Å². The molecule has 2 saturated carbocycles. The lowest BCUT2D eigenvalue weighted by atomic mass is 10.2. The Labute approximate surface area is 158 Å². The Bertz CT molecular complexity index is 754. The van der Waals surface area contributed by atoms with Gasteiger partial charge in [-0.25, -0.2) is 6.57 Å². The van der Waals surface area contributed by atoms with Crippen molar-refractivity contribution in [1.82, 2.24) is 0 Å². The summed E-state index contributed by atoms with van der Waals surface area (Å²) in [7, 11) is -2.43. The zero-order valence-electron chi connectivity index (χ0n) is 15.9. The van der Waals surface area contributed by atoms with Gasteiger partial charge in [0.2, 0.25) is 6.04 Å². The van der Waals surface area contributed by atoms with Crippen molar-refractivity contribution in [3.8, 4) is 0 Å². The largest absolute Gasteiger partial charge is 0.404 e. The number of rotatable bonds is 4. The molecule has 26 heavy (non-hydrogen) atoms. The lowest BCUT2D eigenvalue weighted by molar-refractivity contribution is 0.179. The van der Waals surface area contributed by atoms with Crippen LogP contribution in [0.4, 0.5) is 0 Å². The molecule has 2 nitrogen and oxygen atoms in total. The Hall–Kier alpha value is -1.89. The molecular weight excluding hydrogens is 334 g/mol. The van der Waals surface area contributed by atoms with E-state index in [-0.39, 0.29) is 17.2 Å². The summed E-state index contributed by atoms with van der Waals surface area (Å²) in [5.74, 6) is 1.16. The average molecular weight is 362 g/mol. The molecule has 134 valence electrons. The third-order valence-corrected chi connectivity index (χ3v) is 11.4. The zero-order valence-corrected chi connectivity index (χ0v) is 16.9. The first-order chi connectivity index (χ1) is 12.5. The van der Waals surface area contributed by atoms with E-state index in [2.05, 4.69) is 86.3 Å². The number of hydrogen-bond acceptors (Lipinski definition) is 1. The maximum atomic E-state index is 7.32. The van der Waals surface area contributed by atoms with Crippen molar-refractivity contribution in [1.29, 1.82) is 0 Å². The summed E-state index contributed by atoms with van der Waals surface area (Å²) < 4.78 is 7.17. The smallest absolute Gasteiger partial charge is 0.261 e. The molecule has 0 heterocycles. The molecule has 0 spiro atoms. The van der Waals surface area contributed by atoms with E-state index in [4.69, 9.17) is 11.0 Å². The van der Waals surface area contributed by atoms with Crippen LogP contribution in [0.3, 0.4) is 0 Å². The van der Waals surface area contributed by atoms with Gasteiger partial charge < -0.3 is 9.27 Å². The summed E-state index contributed by atoms with van der Waals surface area (Å²) in [4.78, 5) is 3.79. The van der Waals surface area contributed by atoms with Crippen molar-refractivity contribution in [2.45, 2.75) is 50.8 Å². The molecule has 0 amide bonds. The van der Waals surface area contributed by atoms with Crippen LogP contribution in [0.2, 0.25) is 5.04 Å². The van der Waals surface area contributed by atoms with Gasteiger partial charge in [-0.05, 0) is 28.3 Å². The lowest BCUT2D eigenvalue weighted by Crippen LogP contribution is -2.67. The van der Waals surface area contributed by atoms with E-state index in [1.165, 1.54) is 10.4 Å². The highest BCUT2D eigenvalue weighted by Crippen LogP contribution is 2.56. The Morgan fingerprint density at radius 3 is 1.73 bits per heavy atom. The van der Waals surface area contributed by atoms with E-state index in [1.54, 1.807) is 0 Å². The SMILES string of the molecule is [C-]#[N+]C1[C@H]2CC(O[Si](c3ccccc3)(c3ccccc3)C(C)(C)C)C[C@@H]12. The molecule has 0 saturated heterocycles. The van der Waals surface area contributed by atoms with Gasteiger partial charge in [0, 0.05) is 17.9 Å². The molecule has 2 unspecified atom stereocenters. The van der Waals surface area contributed by atoms with Crippen molar-refractivity contribution >= 4 is 18.7 Å². The van der Waals surface area contributed by atoms with Crippen LogP contribution in [0.15, 0.2) is 60.7 Å². The van der Waals surface area contributed by atoms with Crippen LogP contribution < -0.4 is 10.4 Å². The molecular formula is C23H27NOSi. The Balaban J connectivity index is 1.75. The number of benzene rings is 2. The fourth-order valence-corrected chi connectivity index (χ4v) is 9.69. The van der Waals surface area contributed by atoms with Gasteiger partial charge in [-0.1, -0.05) is 81.4 Å². The van der Waals surface area contributed by atoms with Crippen LogP contribution in [-0.2, 0) is 4.43 Å². The molecule has 2 aromatic carbocycles. The second kappa shape index (κ2) is 6.37. The van der Waals surface area contributed by atoms with Gasteiger partial charge in [0.05, 0.1) is 0 Å². The van der Waals surface area contributed by atoms with E-state index < -0.39 is 8.32 Å². The van der Waals surface area contributed by atoms with Gasteiger partial charge in [0.15, 0.2) is 0 Å². The predicted molar refractivity (Wildman–Crippen MR) is 109 cm³/mol. The van der Waals surface area contributed by atoms with Crippen molar-refractivity contribution in [2.75, 3.05) is 0 Å². The van der Waals surface area contributed by atoms with Gasteiger partial charge in [-0.3, -0.25) is 0 Å². The third-order valence-electron chi connectivity index (χ3n) is 6.27. The second-order valence-corrected chi connectivity index (χ2v) is 13.1. The first-order valence-electron chi connectivity index (χ1n) is 9.63. The van der Waals surface area contributed by atoms with E-state index in [0.717, 1.165) is 12.8 Å². The first kappa shape index (κ1) is 17.5. The summed E-state index contributed by atoms with van der Waals surface area (Å²) in [5.41, 5.74) is 0. The number of hydrogen-bond donors (Lipinski definition) is 0. The minimum absolute atomic E-state index is 0.0295. The van der Waals surface area contributed by atoms with E-state index in [1.807, 2.05) is 0 Å². The molecule has 4 rings (SSSR count). The van der Waals surface area contributed by atoms with Crippen LogP contribution in [0.25, 0.3) is 4.85 Å². The van der Waals surface area contributed by atoms with Crippen LogP contribution in [0, 0.1) is 18.4 Å². The van der Waals surface area contributed by atoms with E-state index in [9.17, 15) is 0 Å². The predicted octanol–water partition coefficient (Wildman–Crippen LogP) is 4.26. The molecule has 4 atom stereocenters. The molecule has 2 aliphatic carbocycles. The minimum atomic E-state index is -2.43. The summed E-state index contributed by atoms with van der Waals surface area (Å²) in [6.45, 7) is 14.3. The standard InChI is InChI=1S/C23H27NOSi/c1-23(2,3)26(18-11-7-5-8-12-18,19-13-9-6-10-14-19)25-17-15-20-21(16-17)22(20)24-4/h5-14,17,20-22H,15-16H2,1-3H3/t17?,20-,21+,22?. The van der Waals surface area contributed by atoms with Crippen LogP contribution in [0.1, 0.15) is 33.6 Å². The first-order valence-corrected chi connectivity index (χ1v) is 11.5. The van der Waals surface area contributed by atoms with E-state index >= 15 is 0 Å². The molecule has 3 heteroatoms. The third kappa shape index (κ3) is 2.73. The fraction of sp³-hybridized carbons (Fsp3) is 0.435. The minimum Gasteiger partial charge on any atom is -0.404 e. The topological polar surface area (TPSA) is 13.6 Å². The lowest BCUT2D eigenvalue weighted by Gasteiger charge is -2.45. The summed E-state index contributed by atoms with van der Waals surface area (Å²) in [6.07, 6.45) is 2.40. The van der Waals surface area contributed by atoms with Crippen LogP contribution >= 0.6 is 0 Å². The second-order valence-electron chi connectivity index (χ2n) is 8.82. The summed E-state index contributed by atoms with van der Waals surface area (Å²) >= 11 is 0. The number of fused-ring (bicyclic) bond motifs is 1. The highest BCUT2D eigenvalue weighted by molar-refractivity contribution is 6.99. The van der Waals surface area contributed by atoms with Gasteiger partial charge >= 0.3 is 0 Å². The Morgan fingerprint density at radius 2 is 1.35 bits per heavy atom. The summed E-state index contributed by atoms with van der Waals surface area (Å²) in [6, 6.07) is 22.0. The fourth-order valence-electron chi connectivity index (χ4n) is 4.99. The van der Waals surface area contributed by atoms with Crippen LogP contribution in [0.5, 0.6) is 0 Å². The maximum Gasteiger partial charge on any atom is 0.261 e. The maximum absolute atomic E-state index is 7.32. The van der Waals surface area contributed by atoms with Gasteiger partial charge in [0.25, 0.3) is 8.32 Å². The van der Waals surface area contributed by atoms with Crippen molar-refractivity contribution in [3.05, 3.63) is 72.1 Å². The molecule has 0 bridgehead atoms.